The first-order chi connectivity index (χ1) is 14.2. The van der Waals surface area contributed by atoms with Crippen molar-refractivity contribution in [3.05, 3.63) is 109 Å². The summed E-state index contributed by atoms with van der Waals surface area (Å²) in [7, 11) is 0. The predicted molar refractivity (Wildman–Crippen MR) is 112 cm³/mol. The van der Waals surface area contributed by atoms with E-state index in [2.05, 4.69) is 15.6 Å². The molecule has 4 aromatic rings. The van der Waals surface area contributed by atoms with Crippen LogP contribution in [0.4, 0.5) is 11.4 Å². The van der Waals surface area contributed by atoms with Crippen molar-refractivity contribution in [2.45, 2.75) is 0 Å². The van der Waals surface area contributed by atoms with E-state index in [1.54, 1.807) is 54.7 Å². The molecule has 0 spiro atoms. The number of amides is 2. The van der Waals surface area contributed by atoms with Crippen molar-refractivity contribution in [3.8, 4) is 5.69 Å². The van der Waals surface area contributed by atoms with Crippen molar-refractivity contribution in [1.82, 2.24) is 9.55 Å². The fourth-order valence-electron chi connectivity index (χ4n) is 2.83. The minimum absolute atomic E-state index is 0.198. The topological polar surface area (TPSA) is 76.0 Å². The smallest absolute Gasteiger partial charge is 0.257 e. The Kier molecular flexibility index (Phi) is 5.16. The standard InChI is InChI=1S/C23H18N4O2/c28-22(17-5-11-21(12-6-17)27-14-1-2-15-27)25-19-7-9-20(10-8-19)26-23(29)18-4-3-13-24-16-18/h1-16H,(H,25,28)(H,26,29). The zero-order chi connectivity index (χ0) is 20.1. The molecule has 2 aromatic carbocycles. The number of aromatic nitrogens is 2. The first-order valence-corrected chi connectivity index (χ1v) is 9.05. The molecule has 0 unspecified atom stereocenters. The molecule has 0 atom stereocenters. The Morgan fingerprint density at radius 2 is 1.28 bits per heavy atom. The highest BCUT2D eigenvalue weighted by Crippen LogP contribution is 2.16. The van der Waals surface area contributed by atoms with Gasteiger partial charge in [-0.3, -0.25) is 14.6 Å². The third-order valence-electron chi connectivity index (χ3n) is 4.36. The molecule has 0 bridgehead atoms. The monoisotopic (exact) mass is 382 g/mol. The highest BCUT2D eigenvalue weighted by atomic mass is 16.2. The molecular formula is C23H18N4O2. The molecule has 29 heavy (non-hydrogen) atoms. The second-order valence-electron chi connectivity index (χ2n) is 6.36. The number of nitrogens with one attached hydrogen (secondary N) is 2. The quantitative estimate of drug-likeness (QED) is 0.538. The average Bonchev–Trinajstić information content (AvgIpc) is 3.31. The third-order valence-corrected chi connectivity index (χ3v) is 4.36. The van der Waals surface area contributed by atoms with E-state index in [0.717, 1.165) is 5.69 Å². The molecule has 6 nitrogen and oxygen atoms in total. The number of pyridine rings is 1. The summed E-state index contributed by atoms with van der Waals surface area (Å²) < 4.78 is 1.97. The summed E-state index contributed by atoms with van der Waals surface area (Å²) in [5.41, 5.74) is 3.31. The minimum Gasteiger partial charge on any atom is -0.324 e. The van der Waals surface area contributed by atoms with Crippen LogP contribution in [0.25, 0.3) is 5.69 Å². The number of rotatable bonds is 5. The van der Waals surface area contributed by atoms with Gasteiger partial charge in [-0.15, -0.1) is 0 Å². The number of anilines is 2. The Bertz CT molecular complexity index is 1100. The molecule has 0 aliphatic rings. The van der Waals surface area contributed by atoms with Crippen LogP contribution in [0.5, 0.6) is 0 Å². The molecule has 0 aliphatic carbocycles. The SMILES string of the molecule is O=C(Nc1ccc(NC(=O)c2cccnc2)cc1)c1ccc(-n2cccc2)cc1. The molecule has 0 saturated heterocycles. The van der Waals surface area contributed by atoms with E-state index >= 15 is 0 Å². The van der Waals surface area contributed by atoms with Crippen molar-refractivity contribution < 1.29 is 9.59 Å². The van der Waals surface area contributed by atoms with Crippen molar-refractivity contribution in [1.29, 1.82) is 0 Å². The van der Waals surface area contributed by atoms with Gasteiger partial charge in [0.25, 0.3) is 11.8 Å². The van der Waals surface area contributed by atoms with E-state index in [1.807, 2.05) is 41.2 Å². The number of nitrogens with zero attached hydrogens (tertiary/aromatic N) is 2. The maximum atomic E-state index is 12.5. The van der Waals surface area contributed by atoms with Crippen LogP contribution in [-0.4, -0.2) is 21.4 Å². The van der Waals surface area contributed by atoms with Gasteiger partial charge in [0.1, 0.15) is 0 Å². The molecule has 2 N–H and O–H groups in total. The molecular weight excluding hydrogens is 364 g/mol. The van der Waals surface area contributed by atoms with Crippen LogP contribution in [0.1, 0.15) is 20.7 Å². The van der Waals surface area contributed by atoms with Gasteiger partial charge < -0.3 is 15.2 Å². The molecule has 0 aliphatic heterocycles. The van der Waals surface area contributed by atoms with Gasteiger partial charge >= 0.3 is 0 Å². The van der Waals surface area contributed by atoms with E-state index in [-0.39, 0.29) is 11.8 Å². The van der Waals surface area contributed by atoms with Crippen LogP contribution in [0, 0.1) is 0 Å². The van der Waals surface area contributed by atoms with Crippen molar-refractivity contribution in [2.24, 2.45) is 0 Å². The molecule has 2 amide bonds. The van der Waals surface area contributed by atoms with Crippen molar-refractivity contribution >= 4 is 23.2 Å². The molecule has 0 radical (unpaired) electrons. The van der Waals surface area contributed by atoms with E-state index in [0.29, 0.717) is 22.5 Å². The lowest BCUT2D eigenvalue weighted by molar-refractivity contribution is 0.101. The fraction of sp³-hybridized carbons (Fsp3) is 0. The van der Waals surface area contributed by atoms with Crippen molar-refractivity contribution in [2.75, 3.05) is 10.6 Å². The lowest BCUT2D eigenvalue weighted by atomic mass is 10.2. The van der Waals surface area contributed by atoms with Crippen LogP contribution >= 0.6 is 0 Å². The van der Waals surface area contributed by atoms with Crippen LogP contribution in [-0.2, 0) is 0 Å². The molecule has 6 heteroatoms. The van der Waals surface area contributed by atoms with E-state index in [9.17, 15) is 9.59 Å². The summed E-state index contributed by atoms with van der Waals surface area (Å²) in [6.45, 7) is 0. The van der Waals surface area contributed by atoms with Crippen LogP contribution < -0.4 is 10.6 Å². The molecule has 2 aromatic heterocycles. The summed E-state index contributed by atoms with van der Waals surface area (Å²) in [6, 6.07) is 21.6. The highest BCUT2D eigenvalue weighted by molar-refractivity contribution is 6.05. The highest BCUT2D eigenvalue weighted by Gasteiger charge is 2.08. The van der Waals surface area contributed by atoms with Gasteiger partial charge in [-0.05, 0) is 72.8 Å². The second kappa shape index (κ2) is 8.22. The van der Waals surface area contributed by atoms with E-state index in [4.69, 9.17) is 0 Å². The fourth-order valence-corrected chi connectivity index (χ4v) is 2.83. The van der Waals surface area contributed by atoms with Gasteiger partial charge in [-0.1, -0.05) is 0 Å². The van der Waals surface area contributed by atoms with E-state index in [1.165, 1.54) is 6.20 Å². The molecule has 0 saturated carbocycles. The van der Waals surface area contributed by atoms with Crippen LogP contribution in [0.3, 0.4) is 0 Å². The Hall–Kier alpha value is -4.19. The maximum absolute atomic E-state index is 12.5. The number of carbonyl (C=O) groups is 2. The lowest BCUT2D eigenvalue weighted by Crippen LogP contribution is -2.13. The second-order valence-corrected chi connectivity index (χ2v) is 6.36. The van der Waals surface area contributed by atoms with Gasteiger partial charge in [-0.2, -0.15) is 0 Å². The zero-order valence-electron chi connectivity index (χ0n) is 15.4. The maximum Gasteiger partial charge on any atom is 0.257 e. The Labute approximate surface area is 167 Å². The number of carbonyl (C=O) groups excluding carboxylic acids is 2. The van der Waals surface area contributed by atoms with Gasteiger partial charge in [0.2, 0.25) is 0 Å². The number of benzene rings is 2. The normalized spacial score (nSPS) is 10.3. The summed E-state index contributed by atoms with van der Waals surface area (Å²) in [6.07, 6.45) is 7.02. The molecule has 4 rings (SSSR count). The van der Waals surface area contributed by atoms with Crippen LogP contribution in [0.2, 0.25) is 0 Å². The van der Waals surface area contributed by atoms with Gasteiger partial charge in [-0.25, -0.2) is 0 Å². The predicted octanol–water partition coefficient (Wildman–Crippen LogP) is 4.38. The Balaban J connectivity index is 1.38. The van der Waals surface area contributed by atoms with Crippen LogP contribution in [0.15, 0.2) is 97.6 Å². The van der Waals surface area contributed by atoms with E-state index < -0.39 is 0 Å². The first-order valence-electron chi connectivity index (χ1n) is 9.05. The van der Waals surface area contributed by atoms with Gasteiger partial charge in [0, 0.05) is 47.4 Å². The lowest BCUT2D eigenvalue weighted by Gasteiger charge is -2.09. The third kappa shape index (κ3) is 4.39. The molecule has 2 heterocycles. The number of hydrogen-bond donors (Lipinski definition) is 2. The largest absolute Gasteiger partial charge is 0.324 e. The number of hydrogen-bond acceptors (Lipinski definition) is 3. The first kappa shape index (κ1) is 18.2. The minimum atomic E-state index is -0.238. The van der Waals surface area contributed by atoms with Crippen molar-refractivity contribution in [3.63, 3.8) is 0 Å². The Morgan fingerprint density at radius 3 is 1.83 bits per heavy atom. The average molecular weight is 382 g/mol. The summed E-state index contributed by atoms with van der Waals surface area (Å²) in [5, 5.41) is 5.65. The van der Waals surface area contributed by atoms with Gasteiger partial charge in [0.15, 0.2) is 0 Å². The summed E-state index contributed by atoms with van der Waals surface area (Å²) in [5.74, 6) is -0.436. The molecule has 142 valence electrons. The Morgan fingerprint density at radius 1 is 0.690 bits per heavy atom. The van der Waals surface area contributed by atoms with Gasteiger partial charge in [0.05, 0.1) is 5.56 Å². The summed E-state index contributed by atoms with van der Waals surface area (Å²) >= 11 is 0. The zero-order valence-corrected chi connectivity index (χ0v) is 15.4. The summed E-state index contributed by atoms with van der Waals surface area (Å²) in [4.78, 5) is 28.6. The molecule has 0 fully saturated rings.